The molecule has 2 aromatic rings. The molecule has 0 amide bonds. The van der Waals surface area contributed by atoms with Gasteiger partial charge < -0.3 is 19.3 Å². The number of Topliss-reactive ketones (excluding diaryl/α,β-unsaturated/α-hetero) is 1. The van der Waals surface area contributed by atoms with Crippen molar-refractivity contribution in [3.63, 3.8) is 0 Å². The molecule has 0 aromatic heterocycles. The molecule has 1 N–H and O–H groups in total. The zero-order valence-electron chi connectivity index (χ0n) is 15.8. The summed E-state index contributed by atoms with van der Waals surface area (Å²) in [6.07, 6.45) is 0.262. The Balaban J connectivity index is 2.12. The van der Waals surface area contributed by atoms with E-state index < -0.39 is 11.7 Å². The number of methoxy groups -OCH3 is 1. The van der Waals surface area contributed by atoms with Gasteiger partial charge >= 0.3 is 5.97 Å². The van der Waals surface area contributed by atoms with Crippen LogP contribution in [0.1, 0.15) is 52.1 Å². The van der Waals surface area contributed by atoms with Crippen LogP contribution in [0.5, 0.6) is 23.0 Å². The van der Waals surface area contributed by atoms with Crippen LogP contribution in [-0.4, -0.2) is 24.0 Å². The topological polar surface area (TPSA) is 82.1 Å². The Morgan fingerprint density at radius 1 is 1.30 bits per heavy atom. The van der Waals surface area contributed by atoms with Gasteiger partial charge in [0.25, 0.3) is 0 Å². The van der Waals surface area contributed by atoms with Gasteiger partial charge in [-0.05, 0) is 42.7 Å². The van der Waals surface area contributed by atoms with Crippen LogP contribution < -0.4 is 9.47 Å². The summed E-state index contributed by atoms with van der Waals surface area (Å²) in [6, 6.07) is 6.62. The first-order valence-corrected chi connectivity index (χ1v) is 8.73. The molecule has 0 bridgehead atoms. The van der Waals surface area contributed by atoms with Crippen LogP contribution in [-0.2, 0) is 11.3 Å². The molecule has 6 heteroatoms. The number of carbonyl (C=O) groups is 2. The Morgan fingerprint density at radius 3 is 2.70 bits per heavy atom. The Hall–Kier alpha value is -3.02. The van der Waals surface area contributed by atoms with Crippen LogP contribution in [0, 0.1) is 12.8 Å². The van der Waals surface area contributed by atoms with Crippen molar-refractivity contribution in [1.82, 2.24) is 0 Å². The molecular formula is C21H22O6. The van der Waals surface area contributed by atoms with Crippen LogP contribution >= 0.6 is 0 Å². The average Bonchev–Trinajstić information content (AvgIpc) is 2.59. The molecule has 142 valence electrons. The molecule has 0 saturated carbocycles. The number of ketones is 1. The number of aromatic hydroxyl groups is 1. The summed E-state index contributed by atoms with van der Waals surface area (Å²) < 4.78 is 16.7. The lowest BCUT2D eigenvalue weighted by molar-refractivity contribution is 0.0455. The lowest BCUT2D eigenvalue weighted by atomic mass is 9.97. The van der Waals surface area contributed by atoms with Crippen molar-refractivity contribution in [3.05, 3.63) is 46.5 Å². The van der Waals surface area contributed by atoms with Crippen LogP contribution in [0.2, 0.25) is 0 Å². The van der Waals surface area contributed by atoms with Crippen LogP contribution in [0.4, 0.5) is 0 Å². The molecule has 0 radical (unpaired) electrons. The van der Waals surface area contributed by atoms with Gasteiger partial charge in [-0.2, -0.15) is 0 Å². The standard InChI is InChI=1S/C21H22O6/c1-11(2)7-15(22)14-5-6-16-18(19(14)23)21(24)26-10-13-8-12(3)9-17(25-4)20(13)27-16/h5-6,8-9,11,23H,7,10H2,1-4H3. The van der Waals surface area contributed by atoms with Crippen molar-refractivity contribution < 1.29 is 28.9 Å². The quantitative estimate of drug-likeness (QED) is 0.634. The van der Waals surface area contributed by atoms with Gasteiger partial charge in [0.05, 0.1) is 12.7 Å². The fourth-order valence-electron chi connectivity index (χ4n) is 3.07. The first kappa shape index (κ1) is 18.8. The molecule has 1 aliphatic rings. The van der Waals surface area contributed by atoms with E-state index in [1.54, 1.807) is 0 Å². The average molecular weight is 370 g/mol. The van der Waals surface area contributed by atoms with Crippen molar-refractivity contribution in [2.75, 3.05) is 7.11 Å². The molecule has 27 heavy (non-hydrogen) atoms. The monoisotopic (exact) mass is 370 g/mol. The maximum Gasteiger partial charge on any atom is 0.346 e. The van der Waals surface area contributed by atoms with Crippen molar-refractivity contribution in [3.8, 4) is 23.0 Å². The van der Waals surface area contributed by atoms with E-state index >= 15 is 0 Å². The highest BCUT2D eigenvalue weighted by atomic mass is 16.5. The number of phenols is 1. The summed E-state index contributed by atoms with van der Waals surface area (Å²) >= 11 is 0. The number of carbonyl (C=O) groups excluding carboxylic acids is 2. The van der Waals surface area contributed by atoms with E-state index in [-0.39, 0.29) is 41.6 Å². The molecule has 6 nitrogen and oxygen atoms in total. The Labute approximate surface area is 157 Å². The maximum atomic E-state index is 12.5. The van der Waals surface area contributed by atoms with Crippen LogP contribution in [0.15, 0.2) is 24.3 Å². The second-order valence-electron chi connectivity index (χ2n) is 6.99. The Morgan fingerprint density at radius 2 is 2.04 bits per heavy atom. The van der Waals surface area contributed by atoms with E-state index in [1.165, 1.54) is 19.2 Å². The number of phenolic OH excluding ortho intramolecular Hbond substituents is 1. The second-order valence-corrected chi connectivity index (χ2v) is 6.99. The second kappa shape index (κ2) is 7.31. The van der Waals surface area contributed by atoms with E-state index in [4.69, 9.17) is 14.2 Å². The van der Waals surface area contributed by atoms with Crippen LogP contribution in [0.25, 0.3) is 0 Å². The molecule has 0 atom stereocenters. The normalized spacial score (nSPS) is 13.0. The fraction of sp³-hybridized carbons (Fsp3) is 0.333. The minimum Gasteiger partial charge on any atom is -0.506 e. The number of benzene rings is 2. The third-order valence-corrected chi connectivity index (χ3v) is 4.30. The minimum atomic E-state index is -0.743. The van der Waals surface area contributed by atoms with Gasteiger partial charge in [-0.15, -0.1) is 0 Å². The summed E-state index contributed by atoms with van der Waals surface area (Å²) in [6.45, 7) is 5.68. The zero-order valence-corrected chi connectivity index (χ0v) is 15.8. The molecule has 0 aliphatic carbocycles. The number of aryl methyl sites for hydroxylation is 1. The molecule has 0 saturated heterocycles. The maximum absolute atomic E-state index is 12.5. The summed E-state index contributed by atoms with van der Waals surface area (Å²) in [4.78, 5) is 24.9. The number of cyclic esters (lactones) is 1. The van der Waals surface area contributed by atoms with Crippen LogP contribution in [0.3, 0.4) is 0 Å². The first-order valence-electron chi connectivity index (χ1n) is 8.73. The predicted molar refractivity (Wildman–Crippen MR) is 98.8 cm³/mol. The van der Waals surface area contributed by atoms with Gasteiger partial charge in [-0.3, -0.25) is 4.79 Å². The minimum absolute atomic E-state index is 0.0325. The Bertz CT molecular complexity index is 913. The van der Waals surface area contributed by atoms with E-state index in [0.717, 1.165) is 5.56 Å². The summed E-state index contributed by atoms with van der Waals surface area (Å²) in [5.74, 6) is -0.256. The third-order valence-electron chi connectivity index (χ3n) is 4.30. The highest BCUT2D eigenvalue weighted by Crippen LogP contribution is 2.42. The first-order chi connectivity index (χ1) is 12.8. The molecule has 0 spiro atoms. The summed E-state index contributed by atoms with van der Waals surface area (Å²) in [5.41, 5.74) is 1.52. The number of hydrogen-bond acceptors (Lipinski definition) is 6. The number of fused-ring (bicyclic) bond motifs is 2. The van der Waals surface area contributed by atoms with Crippen molar-refractivity contribution in [2.45, 2.75) is 33.8 Å². The highest BCUT2D eigenvalue weighted by Gasteiger charge is 2.29. The lowest BCUT2D eigenvalue weighted by Crippen LogP contribution is -2.14. The third kappa shape index (κ3) is 3.60. The SMILES string of the molecule is COc1cc(C)cc2c1Oc1ccc(C(=O)CC(C)C)c(O)c1C(=O)OC2. The van der Waals surface area contributed by atoms with Gasteiger partial charge in [-0.25, -0.2) is 4.79 Å². The Kier molecular flexibility index (Phi) is 5.08. The molecule has 1 aliphatic heterocycles. The van der Waals surface area contributed by atoms with Gasteiger partial charge in [0, 0.05) is 12.0 Å². The summed E-state index contributed by atoms with van der Waals surface area (Å²) in [7, 11) is 1.52. The van der Waals surface area contributed by atoms with Gasteiger partial charge in [0.1, 0.15) is 23.7 Å². The zero-order chi connectivity index (χ0) is 19.7. The predicted octanol–water partition coefficient (Wildman–Crippen LogP) is 4.40. The number of esters is 1. The lowest BCUT2D eigenvalue weighted by Gasteiger charge is -2.21. The fourth-order valence-corrected chi connectivity index (χ4v) is 3.07. The van der Waals surface area contributed by atoms with Gasteiger partial charge in [-0.1, -0.05) is 13.8 Å². The molecular weight excluding hydrogens is 348 g/mol. The van der Waals surface area contributed by atoms with E-state index in [2.05, 4.69) is 0 Å². The number of ether oxygens (including phenoxy) is 3. The van der Waals surface area contributed by atoms with Crippen molar-refractivity contribution >= 4 is 11.8 Å². The molecule has 3 rings (SSSR count). The van der Waals surface area contributed by atoms with E-state index in [1.807, 2.05) is 32.9 Å². The number of hydrogen-bond donors (Lipinski definition) is 1. The molecule has 0 fully saturated rings. The molecule has 0 unspecified atom stereocenters. The molecule has 1 heterocycles. The highest BCUT2D eigenvalue weighted by molar-refractivity contribution is 6.05. The molecule has 2 aromatic carbocycles. The van der Waals surface area contributed by atoms with Gasteiger partial charge in [0.15, 0.2) is 17.3 Å². The van der Waals surface area contributed by atoms with Crippen molar-refractivity contribution in [1.29, 1.82) is 0 Å². The van der Waals surface area contributed by atoms with Crippen molar-refractivity contribution in [2.24, 2.45) is 5.92 Å². The van der Waals surface area contributed by atoms with E-state index in [0.29, 0.717) is 17.1 Å². The largest absolute Gasteiger partial charge is 0.506 e. The van der Waals surface area contributed by atoms with Gasteiger partial charge in [0.2, 0.25) is 0 Å². The smallest absolute Gasteiger partial charge is 0.346 e. The van der Waals surface area contributed by atoms with E-state index in [9.17, 15) is 14.7 Å². The summed E-state index contributed by atoms with van der Waals surface area (Å²) in [5, 5.41) is 10.6. The number of rotatable bonds is 4.